The van der Waals surface area contributed by atoms with Crippen LogP contribution < -0.4 is 15.4 Å². The average molecular weight is 425 g/mol. The number of amides is 2. The van der Waals surface area contributed by atoms with Gasteiger partial charge in [0.1, 0.15) is 5.75 Å². The van der Waals surface area contributed by atoms with Gasteiger partial charge in [-0.2, -0.15) is 0 Å². The standard InChI is InChI=1S/C22H24N4O3S/c1-4-26-21(28)19(13-15-5-11-18(12-6-15)29-14-20(23)27)30-22(26)24-16-7-9-17(10-8-16)25(2)3/h5-13H,4,14H2,1-3H3,(H2,23,27)/b19-13-,24-22?. The highest BCUT2D eigenvalue weighted by Crippen LogP contribution is 2.34. The van der Waals surface area contributed by atoms with E-state index in [9.17, 15) is 9.59 Å². The van der Waals surface area contributed by atoms with Crippen molar-refractivity contribution in [3.8, 4) is 5.75 Å². The van der Waals surface area contributed by atoms with Gasteiger partial charge in [0, 0.05) is 26.3 Å². The van der Waals surface area contributed by atoms with E-state index in [1.807, 2.05) is 68.4 Å². The number of benzene rings is 2. The van der Waals surface area contributed by atoms with Crippen LogP contribution in [-0.2, 0) is 9.59 Å². The second kappa shape index (κ2) is 9.49. The van der Waals surface area contributed by atoms with Crippen LogP contribution in [-0.4, -0.2) is 49.1 Å². The smallest absolute Gasteiger partial charge is 0.266 e. The molecule has 156 valence electrons. The van der Waals surface area contributed by atoms with E-state index in [4.69, 9.17) is 10.5 Å². The van der Waals surface area contributed by atoms with Crippen molar-refractivity contribution in [3.63, 3.8) is 0 Å². The molecule has 30 heavy (non-hydrogen) atoms. The van der Waals surface area contributed by atoms with Crippen molar-refractivity contribution in [3.05, 3.63) is 59.0 Å². The molecule has 3 rings (SSSR count). The van der Waals surface area contributed by atoms with Gasteiger partial charge < -0.3 is 15.4 Å². The molecule has 0 saturated carbocycles. The van der Waals surface area contributed by atoms with E-state index in [0.717, 1.165) is 16.9 Å². The van der Waals surface area contributed by atoms with Crippen LogP contribution in [0.25, 0.3) is 6.08 Å². The number of carbonyl (C=O) groups excluding carboxylic acids is 2. The number of hydrogen-bond donors (Lipinski definition) is 1. The first-order valence-corrected chi connectivity index (χ1v) is 10.3. The SMILES string of the molecule is CCN1C(=O)/C(=C/c2ccc(OCC(N)=O)cc2)SC1=Nc1ccc(N(C)C)cc1. The third kappa shape index (κ3) is 5.21. The quantitative estimate of drug-likeness (QED) is 0.690. The molecule has 0 spiro atoms. The first-order chi connectivity index (χ1) is 14.4. The highest BCUT2D eigenvalue weighted by atomic mass is 32.2. The summed E-state index contributed by atoms with van der Waals surface area (Å²) in [6.45, 7) is 2.30. The average Bonchev–Trinajstić information content (AvgIpc) is 3.01. The molecule has 1 aliphatic rings. The van der Waals surface area contributed by atoms with E-state index >= 15 is 0 Å². The molecular formula is C22H24N4O3S. The maximum absolute atomic E-state index is 12.8. The zero-order chi connectivity index (χ0) is 21.7. The van der Waals surface area contributed by atoms with Gasteiger partial charge in [0.15, 0.2) is 11.8 Å². The number of likely N-dealkylation sites (N-methyl/N-ethyl adjacent to an activating group) is 1. The summed E-state index contributed by atoms with van der Waals surface area (Å²) in [5.41, 5.74) is 7.82. The molecule has 2 amide bonds. The highest BCUT2D eigenvalue weighted by Gasteiger charge is 2.32. The zero-order valence-corrected chi connectivity index (χ0v) is 18.0. The molecule has 8 heteroatoms. The number of primary amides is 1. The van der Waals surface area contributed by atoms with Gasteiger partial charge in [0.2, 0.25) is 0 Å². The first-order valence-electron chi connectivity index (χ1n) is 9.46. The minimum Gasteiger partial charge on any atom is -0.484 e. The fourth-order valence-corrected chi connectivity index (χ4v) is 3.83. The van der Waals surface area contributed by atoms with Crippen LogP contribution in [0.4, 0.5) is 11.4 Å². The van der Waals surface area contributed by atoms with Crippen molar-refractivity contribution in [2.75, 3.05) is 32.1 Å². The number of amidine groups is 1. The number of carbonyl (C=O) groups is 2. The summed E-state index contributed by atoms with van der Waals surface area (Å²) in [7, 11) is 3.97. The second-order valence-electron chi connectivity index (χ2n) is 6.79. The van der Waals surface area contributed by atoms with Gasteiger partial charge >= 0.3 is 0 Å². The Kier molecular flexibility index (Phi) is 6.79. The molecule has 1 saturated heterocycles. The van der Waals surface area contributed by atoms with Gasteiger partial charge in [-0.05, 0) is 66.7 Å². The summed E-state index contributed by atoms with van der Waals surface area (Å²) < 4.78 is 5.26. The third-order valence-electron chi connectivity index (χ3n) is 4.35. The Hall–Kier alpha value is -3.26. The van der Waals surface area contributed by atoms with E-state index in [1.54, 1.807) is 17.0 Å². The summed E-state index contributed by atoms with van der Waals surface area (Å²) in [6, 6.07) is 15.0. The predicted octanol–water partition coefficient (Wildman–Crippen LogP) is 3.24. The van der Waals surface area contributed by atoms with Gasteiger partial charge in [0.25, 0.3) is 11.8 Å². The lowest BCUT2D eigenvalue weighted by atomic mass is 10.2. The molecule has 2 aromatic carbocycles. The molecule has 0 unspecified atom stereocenters. The number of aliphatic imine (C=N–C) groups is 1. The molecule has 2 aromatic rings. The number of hydrogen-bond acceptors (Lipinski definition) is 6. The lowest BCUT2D eigenvalue weighted by molar-refractivity contribution is -0.122. The predicted molar refractivity (Wildman–Crippen MR) is 122 cm³/mol. The van der Waals surface area contributed by atoms with Crippen molar-refractivity contribution in [1.29, 1.82) is 0 Å². The van der Waals surface area contributed by atoms with Gasteiger partial charge in [-0.3, -0.25) is 14.5 Å². The van der Waals surface area contributed by atoms with Crippen LogP contribution >= 0.6 is 11.8 Å². The highest BCUT2D eigenvalue weighted by molar-refractivity contribution is 8.18. The Morgan fingerprint density at radius 1 is 1.17 bits per heavy atom. The topological polar surface area (TPSA) is 88.2 Å². The minimum absolute atomic E-state index is 0.0692. The molecule has 1 heterocycles. The number of rotatable bonds is 7. The molecule has 0 bridgehead atoms. The van der Waals surface area contributed by atoms with Crippen molar-refractivity contribution in [2.24, 2.45) is 10.7 Å². The van der Waals surface area contributed by atoms with Crippen LogP contribution in [0, 0.1) is 0 Å². The molecule has 0 radical (unpaired) electrons. The fraction of sp³-hybridized carbons (Fsp3) is 0.227. The third-order valence-corrected chi connectivity index (χ3v) is 5.36. The Labute approximate surface area is 180 Å². The summed E-state index contributed by atoms with van der Waals surface area (Å²) in [5.74, 6) is -0.0582. The zero-order valence-electron chi connectivity index (χ0n) is 17.2. The van der Waals surface area contributed by atoms with Crippen molar-refractivity contribution in [1.82, 2.24) is 4.90 Å². The number of ether oxygens (including phenoxy) is 1. The Bertz CT molecular complexity index is 982. The summed E-state index contributed by atoms with van der Waals surface area (Å²) in [5, 5.41) is 0.660. The van der Waals surface area contributed by atoms with E-state index in [1.165, 1.54) is 11.8 Å². The molecule has 2 N–H and O–H groups in total. The molecule has 0 atom stereocenters. The van der Waals surface area contributed by atoms with Crippen LogP contribution in [0.15, 0.2) is 58.4 Å². The first kappa shape index (κ1) is 21.4. The van der Waals surface area contributed by atoms with Crippen LogP contribution in [0.2, 0.25) is 0 Å². The van der Waals surface area contributed by atoms with Crippen LogP contribution in [0.1, 0.15) is 12.5 Å². The maximum Gasteiger partial charge on any atom is 0.266 e. The maximum atomic E-state index is 12.8. The number of nitrogens with zero attached hydrogens (tertiary/aromatic N) is 3. The van der Waals surface area contributed by atoms with E-state index in [0.29, 0.717) is 22.4 Å². The number of thioether (sulfide) groups is 1. The lowest BCUT2D eigenvalue weighted by Gasteiger charge is -2.13. The largest absolute Gasteiger partial charge is 0.484 e. The Balaban J connectivity index is 1.78. The fourth-order valence-electron chi connectivity index (χ4n) is 2.77. The summed E-state index contributed by atoms with van der Waals surface area (Å²) in [4.78, 5) is 32.6. The van der Waals surface area contributed by atoms with Crippen molar-refractivity contribution in [2.45, 2.75) is 6.92 Å². The summed E-state index contributed by atoms with van der Waals surface area (Å²) in [6.07, 6.45) is 1.82. The van der Waals surface area contributed by atoms with E-state index in [2.05, 4.69) is 4.99 Å². The van der Waals surface area contributed by atoms with Crippen LogP contribution in [0.3, 0.4) is 0 Å². The van der Waals surface area contributed by atoms with Gasteiger partial charge in [-0.15, -0.1) is 0 Å². The monoisotopic (exact) mass is 424 g/mol. The molecule has 1 fully saturated rings. The van der Waals surface area contributed by atoms with E-state index < -0.39 is 5.91 Å². The molecular weight excluding hydrogens is 400 g/mol. The molecule has 0 aliphatic carbocycles. The minimum atomic E-state index is -0.531. The molecule has 0 aromatic heterocycles. The Morgan fingerprint density at radius 2 is 1.83 bits per heavy atom. The van der Waals surface area contributed by atoms with Crippen molar-refractivity contribution < 1.29 is 14.3 Å². The van der Waals surface area contributed by atoms with E-state index in [-0.39, 0.29) is 12.5 Å². The molecule has 7 nitrogen and oxygen atoms in total. The number of nitrogens with two attached hydrogens (primary N) is 1. The van der Waals surface area contributed by atoms with Gasteiger partial charge in [0.05, 0.1) is 10.6 Å². The lowest BCUT2D eigenvalue weighted by Crippen LogP contribution is -2.28. The van der Waals surface area contributed by atoms with Crippen LogP contribution in [0.5, 0.6) is 5.75 Å². The molecule has 1 aliphatic heterocycles. The Morgan fingerprint density at radius 3 is 2.40 bits per heavy atom. The van der Waals surface area contributed by atoms with Gasteiger partial charge in [-0.1, -0.05) is 12.1 Å². The normalized spacial score (nSPS) is 16.4. The number of anilines is 1. The van der Waals surface area contributed by atoms with Gasteiger partial charge in [-0.25, -0.2) is 4.99 Å². The van der Waals surface area contributed by atoms with Crippen molar-refractivity contribution >= 4 is 46.2 Å². The summed E-state index contributed by atoms with van der Waals surface area (Å²) >= 11 is 1.35. The second-order valence-corrected chi connectivity index (χ2v) is 7.80.